The summed E-state index contributed by atoms with van der Waals surface area (Å²) < 4.78 is 7.20. The Balaban J connectivity index is 2.13. The van der Waals surface area contributed by atoms with Crippen LogP contribution < -0.4 is 0 Å². The fraction of sp³-hybridized carbons (Fsp3) is 0.636. The molecule has 0 aliphatic carbocycles. The highest BCUT2D eigenvalue weighted by molar-refractivity contribution is 5.92. The number of carbonyl (C=O) groups is 1. The van der Waals surface area contributed by atoms with Gasteiger partial charge in [-0.25, -0.2) is 0 Å². The van der Waals surface area contributed by atoms with Gasteiger partial charge in [0.1, 0.15) is 5.69 Å². The first-order valence-electron chi connectivity index (χ1n) is 5.50. The fourth-order valence-corrected chi connectivity index (χ4v) is 2.09. The largest absolute Gasteiger partial charge is 0.372 e. The van der Waals surface area contributed by atoms with Gasteiger partial charge in [-0.15, -0.1) is 0 Å². The molecule has 1 fully saturated rings. The highest BCUT2D eigenvalue weighted by Gasteiger charge is 2.27. The summed E-state index contributed by atoms with van der Waals surface area (Å²) in [4.78, 5) is 14.0. The summed E-state index contributed by atoms with van der Waals surface area (Å²) in [5.74, 6) is 0.0296. The van der Waals surface area contributed by atoms with Crippen molar-refractivity contribution >= 4 is 5.91 Å². The smallest absolute Gasteiger partial charge is 0.272 e. The molecule has 2 heterocycles. The number of carbonyl (C=O) groups excluding carboxylic acids is 1. The molecule has 0 radical (unpaired) electrons. The molecule has 1 aliphatic rings. The molecule has 0 unspecified atom stereocenters. The number of aryl methyl sites for hydroxylation is 1. The molecule has 0 N–H and O–H groups in total. The first-order valence-corrected chi connectivity index (χ1v) is 5.50. The van der Waals surface area contributed by atoms with Gasteiger partial charge in [-0.05, 0) is 19.9 Å². The van der Waals surface area contributed by atoms with E-state index in [1.165, 1.54) is 0 Å². The number of morpholine rings is 1. The van der Waals surface area contributed by atoms with Gasteiger partial charge in [-0.3, -0.25) is 9.48 Å². The summed E-state index contributed by atoms with van der Waals surface area (Å²) in [6.07, 6.45) is 1.84. The van der Waals surface area contributed by atoms with Gasteiger partial charge in [-0.1, -0.05) is 0 Å². The van der Waals surface area contributed by atoms with Gasteiger partial charge in [0.25, 0.3) is 5.91 Å². The molecular formula is C11H17N3O2. The molecule has 2 rings (SSSR count). The Kier molecular flexibility index (Phi) is 2.96. The second-order valence-corrected chi connectivity index (χ2v) is 4.31. The Morgan fingerprint density at radius 2 is 2.06 bits per heavy atom. The lowest BCUT2D eigenvalue weighted by atomic mass is 10.2. The van der Waals surface area contributed by atoms with Crippen LogP contribution in [0, 0.1) is 0 Å². The summed E-state index contributed by atoms with van der Waals surface area (Å²) in [6.45, 7) is 5.26. The van der Waals surface area contributed by atoms with Crippen LogP contribution in [0.25, 0.3) is 0 Å². The van der Waals surface area contributed by atoms with Gasteiger partial charge in [0.05, 0.1) is 12.2 Å². The summed E-state index contributed by atoms with van der Waals surface area (Å²) in [7, 11) is 1.78. The van der Waals surface area contributed by atoms with Gasteiger partial charge in [0.2, 0.25) is 0 Å². The first-order chi connectivity index (χ1) is 7.58. The Morgan fingerprint density at radius 3 is 2.56 bits per heavy atom. The van der Waals surface area contributed by atoms with Crippen molar-refractivity contribution in [2.75, 3.05) is 13.1 Å². The van der Waals surface area contributed by atoms with Crippen molar-refractivity contribution in [2.24, 2.45) is 7.05 Å². The molecule has 0 aromatic carbocycles. The molecule has 1 saturated heterocycles. The Morgan fingerprint density at radius 1 is 1.44 bits per heavy atom. The minimum absolute atomic E-state index is 0.0296. The zero-order chi connectivity index (χ0) is 11.7. The number of amides is 1. The molecule has 5 nitrogen and oxygen atoms in total. The third-order valence-corrected chi connectivity index (χ3v) is 2.75. The number of aromatic nitrogens is 2. The summed E-state index contributed by atoms with van der Waals surface area (Å²) >= 11 is 0. The second kappa shape index (κ2) is 4.25. The van der Waals surface area contributed by atoms with Gasteiger partial charge in [0, 0.05) is 26.3 Å². The maximum atomic E-state index is 12.2. The number of ether oxygens (including phenoxy) is 1. The lowest BCUT2D eigenvalue weighted by molar-refractivity contribution is -0.0588. The average Bonchev–Trinajstić information content (AvgIpc) is 2.62. The van der Waals surface area contributed by atoms with Crippen LogP contribution in [0.1, 0.15) is 24.3 Å². The number of nitrogens with zero attached hydrogens (tertiary/aromatic N) is 3. The third kappa shape index (κ3) is 2.09. The topological polar surface area (TPSA) is 47.4 Å². The molecule has 1 aromatic heterocycles. The maximum absolute atomic E-state index is 12.2. The zero-order valence-corrected chi connectivity index (χ0v) is 9.88. The van der Waals surface area contributed by atoms with Crippen LogP contribution in [0.5, 0.6) is 0 Å². The highest BCUT2D eigenvalue weighted by atomic mass is 16.5. The van der Waals surface area contributed by atoms with Gasteiger partial charge in [0.15, 0.2) is 0 Å². The van der Waals surface area contributed by atoms with Crippen molar-refractivity contribution in [3.8, 4) is 0 Å². The highest BCUT2D eigenvalue weighted by Crippen LogP contribution is 2.13. The van der Waals surface area contributed by atoms with Gasteiger partial charge >= 0.3 is 0 Å². The molecule has 0 spiro atoms. The van der Waals surface area contributed by atoms with Crippen LogP contribution >= 0.6 is 0 Å². The van der Waals surface area contributed by atoms with E-state index in [-0.39, 0.29) is 18.1 Å². The van der Waals surface area contributed by atoms with Crippen molar-refractivity contribution in [2.45, 2.75) is 26.1 Å². The molecule has 1 aliphatic heterocycles. The van der Waals surface area contributed by atoms with Crippen molar-refractivity contribution in [3.63, 3.8) is 0 Å². The lowest BCUT2D eigenvalue weighted by Crippen LogP contribution is -2.48. The Labute approximate surface area is 95.0 Å². The minimum atomic E-state index is 0.0296. The van der Waals surface area contributed by atoms with E-state index in [1.54, 1.807) is 24.0 Å². The number of rotatable bonds is 1. The monoisotopic (exact) mass is 223 g/mol. The van der Waals surface area contributed by atoms with Crippen molar-refractivity contribution < 1.29 is 9.53 Å². The van der Waals surface area contributed by atoms with Crippen LogP contribution in [0.3, 0.4) is 0 Å². The van der Waals surface area contributed by atoms with E-state index < -0.39 is 0 Å². The molecule has 0 bridgehead atoms. The Bertz CT molecular complexity index is 378. The average molecular weight is 223 g/mol. The zero-order valence-electron chi connectivity index (χ0n) is 9.88. The molecule has 16 heavy (non-hydrogen) atoms. The molecule has 1 amide bonds. The van der Waals surface area contributed by atoms with Crippen LogP contribution in [0.2, 0.25) is 0 Å². The molecule has 5 heteroatoms. The standard InChI is InChI=1S/C11H17N3O2/c1-8-6-14(7-9(2)16-8)11(15)10-4-5-12-13(10)3/h4-5,8-9H,6-7H2,1-3H3/t8-,9+. The summed E-state index contributed by atoms with van der Waals surface area (Å²) in [5, 5.41) is 4.01. The van der Waals surface area contributed by atoms with Crippen molar-refractivity contribution in [3.05, 3.63) is 18.0 Å². The van der Waals surface area contributed by atoms with Crippen molar-refractivity contribution in [1.82, 2.24) is 14.7 Å². The second-order valence-electron chi connectivity index (χ2n) is 4.31. The molecule has 88 valence electrons. The molecule has 2 atom stereocenters. The van der Waals surface area contributed by atoms with E-state index in [1.807, 2.05) is 18.7 Å². The summed E-state index contributed by atoms with van der Waals surface area (Å²) in [6, 6.07) is 1.74. The quantitative estimate of drug-likeness (QED) is 0.703. The van der Waals surface area contributed by atoms with E-state index in [4.69, 9.17) is 4.74 Å². The van der Waals surface area contributed by atoms with Gasteiger partial charge in [-0.2, -0.15) is 5.10 Å². The number of hydrogen-bond donors (Lipinski definition) is 0. The molecule has 1 aromatic rings. The first kappa shape index (κ1) is 11.1. The molecular weight excluding hydrogens is 206 g/mol. The van der Waals surface area contributed by atoms with Crippen LogP contribution in [0.4, 0.5) is 0 Å². The SMILES string of the molecule is C[C@@H]1CN(C(=O)c2ccnn2C)C[C@H](C)O1. The normalized spacial score (nSPS) is 25.8. The van der Waals surface area contributed by atoms with Crippen LogP contribution in [-0.2, 0) is 11.8 Å². The predicted molar refractivity (Wildman–Crippen MR) is 59.1 cm³/mol. The van der Waals surface area contributed by atoms with E-state index in [0.717, 1.165) is 0 Å². The third-order valence-electron chi connectivity index (χ3n) is 2.75. The Hall–Kier alpha value is -1.36. The van der Waals surface area contributed by atoms with E-state index in [9.17, 15) is 4.79 Å². The number of hydrogen-bond acceptors (Lipinski definition) is 3. The maximum Gasteiger partial charge on any atom is 0.272 e. The predicted octanol–water partition coefficient (Wildman–Crippen LogP) is 0.669. The van der Waals surface area contributed by atoms with E-state index >= 15 is 0 Å². The van der Waals surface area contributed by atoms with Gasteiger partial charge < -0.3 is 9.64 Å². The molecule has 0 saturated carbocycles. The lowest BCUT2D eigenvalue weighted by Gasteiger charge is -2.35. The fourth-order valence-electron chi connectivity index (χ4n) is 2.09. The van der Waals surface area contributed by atoms with Crippen LogP contribution in [0.15, 0.2) is 12.3 Å². The van der Waals surface area contributed by atoms with Crippen molar-refractivity contribution in [1.29, 1.82) is 0 Å². The van der Waals surface area contributed by atoms with E-state index in [0.29, 0.717) is 18.8 Å². The van der Waals surface area contributed by atoms with E-state index in [2.05, 4.69) is 5.10 Å². The summed E-state index contributed by atoms with van der Waals surface area (Å²) in [5.41, 5.74) is 0.626. The minimum Gasteiger partial charge on any atom is -0.372 e. The van der Waals surface area contributed by atoms with Crippen LogP contribution in [-0.4, -0.2) is 45.9 Å².